The minimum absolute atomic E-state index is 0.0195. The molecular formula is C31H52N2O3. The maximum Gasteiger partial charge on any atom is 0.410 e. The quantitative estimate of drug-likeness (QED) is 0.247. The van der Waals surface area contributed by atoms with Gasteiger partial charge >= 0.3 is 6.09 Å². The summed E-state index contributed by atoms with van der Waals surface area (Å²) in [5, 5.41) is 3.10. The van der Waals surface area contributed by atoms with E-state index in [0.717, 1.165) is 31.4 Å². The highest BCUT2D eigenvalue weighted by Crippen LogP contribution is 2.29. The van der Waals surface area contributed by atoms with E-state index in [4.69, 9.17) is 4.74 Å². The Hall–Kier alpha value is -2.04. The van der Waals surface area contributed by atoms with Crippen LogP contribution in [0.25, 0.3) is 0 Å². The normalized spacial score (nSPS) is 14.6. The fraction of sp³-hybridized carbons (Fsp3) is 0.742. The second-order valence-electron chi connectivity index (χ2n) is 11.5. The minimum Gasteiger partial charge on any atom is -0.444 e. The molecule has 1 saturated heterocycles. The highest BCUT2D eigenvalue weighted by molar-refractivity contribution is 5.94. The van der Waals surface area contributed by atoms with Crippen LogP contribution in [0, 0.1) is 0 Å². The van der Waals surface area contributed by atoms with Gasteiger partial charge in [0, 0.05) is 25.2 Å². The largest absolute Gasteiger partial charge is 0.444 e. The molecule has 0 unspecified atom stereocenters. The standard InChI is InChI=1S/C31H52N2O3/c1-5-6-7-8-9-10-11-12-13-14-15-16-22-32-29(34)28-19-17-18-27(25-28)26-20-23-33(24-21-26)30(35)36-31(2,3)4/h17-19,25-26H,5-16,20-24H2,1-4H3,(H,32,34). The molecule has 1 aliphatic rings. The Bertz CT molecular complexity index is 763. The molecule has 0 aromatic heterocycles. The Morgan fingerprint density at radius 1 is 0.889 bits per heavy atom. The Labute approximate surface area is 220 Å². The lowest BCUT2D eigenvalue weighted by atomic mass is 9.88. The molecule has 204 valence electrons. The minimum atomic E-state index is -0.469. The van der Waals surface area contributed by atoms with E-state index in [1.165, 1.54) is 76.2 Å². The highest BCUT2D eigenvalue weighted by Gasteiger charge is 2.27. The van der Waals surface area contributed by atoms with Crippen molar-refractivity contribution in [3.8, 4) is 0 Å². The fourth-order valence-corrected chi connectivity index (χ4v) is 4.93. The summed E-state index contributed by atoms with van der Waals surface area (Å²) < 4.78 is 5.50. The van der Waals surface area contributed by atoms with Crippen molar-refractivity contribution < 1.29 is 14.3 Å². The van der Waals surface area contributed by atoms with Crippen molar-refractivity contribution in [2.75, 3.05) is 19.6 Å². The summed E-state index contributed by atoms with van der Waals surface area (Å²) >= 11 is 0. The van der Waals surface area contributed by atoms with Crippen LogP contribution in [0.5, 0.6) is 0 Å². The lowest BCUT2D eigenvalue weighted by Crippen LogP contribution is -2.41. The molecule has 0 atom stereocenters. The summed E-state index contributed by atoms with van der Waals surface area (Å²) in [7, 11) is 0. The van der Waals surface area contributed by atoms with Crippen molar-refractivity contribution in [3.05, 3.63) is 35.4 Å². The van der Waals surface area contributed by atoms with Gasteiger partial charge in [-0.15, -0.1) is 0 Å². The van der Waals surface area contributed by atoms with E-state index >= 15 is 0 Å². The van der Waals surface area contributed by atoms with Gasteiger partial charge in [-0.25, -0.2) is 4.79 Å². The van der Waals surface area contributed by atoms with Gasteiger partial charge < -0.3 is 15.0 Å². The van der Waals surface area contributed by atoms with Gasteiger partial charge in [0.25, 0.3) is 5.91 Å². The van der Waals surface area contributed by atoms with Crippen LogP contribution in [0.1, 0.15) is 139 Å². The summed E-state index contributed by atoms with van der Waals surface area (Å²) in [5.74, 6) is 0.388. The van der Waals surface area contributed by atoms with Crippen LogP contribution in [-0.4, -0.2) is 42.1 Å². The van der Waals surface area contributed by atoms with Crippen molar-refractivity contribution in [1.29, 1.82) is 0 Å². The Kier molecular flexibility index (Phi) is 14.0. The smallest absolute Gasteiger partial charge is 0.410 e. The van der Waals surface area contributed by atoms with Gasteiger partial charge in [0.15, 0.2) is 0 Å². The fourth-order valence-electron chi connectivity index (χ4n) is 4.93. The molecule has 0 bridgehead atoms. The molecule has 5 heteroatoms. The molecular weight excluding hydrogens is 448 g/mol. The lowest BCUT2D eigenvalue weighted by Gasteiger charge is -2.33. The maximum absolute atomic E-state index is 12.7. The van der Waals surface area contributed by atoms with E-state index in [0.29, 0.717) is 19.0 Å². The lowest BCUT2D eigenvalue weighted by molar-refractivity contribution is 0.0205. The van der Waals surface area contributed by atoms with Crippen molar-refractivity contribution in [2.45, 2.75) is 129 Å². The Morgan fingerprint density at radius 3 is 2.00 bits per heavy atom. The average molecular weight is 501 g/mol. The second-order valence-corrected chi connectivity index (χ2v) is 11.5. The van der Waals surface area contributed by atoms with E-state index in [2.05, 4.69) is 18.3 Å². The molecule has 0 radical (unpaired) electrons. The van der Waals surface area contributed by atoms with Gasteiger partial charge in [-0.2, -0.15) is 0 Å². The van der Waals surface area contributed by atoms with E-state index in [1.54, 1.807) is 4.90 Å². The zero-order valence-electron chi connectivity index (χ0n) is 23.6. The zero-order chi connectivity index (χ0) is 26.2. The Balaban J connectivity index is 1.59. The van der Waals surface area contributed by atoms with Crippen molar-refractivity contribution >= 4 is 12.0 Å². The molecule has 1 aromatic rings. The SMILES string of the molecule is CCCCCCCCCCCCCCNC(=O)c1cccc(C2CCN(C(=O)OC(C)(C)C)CC2)c1. The van der Waals surface area contributed by atoms with Gasteiger partial charge in [-0.05, 0) is 63.6 Å². The molecule has 1 N–H and O–H groups in total. The van der Waals surface area contributed by atoms with Crippen LogP contribution < -0.4 is 5.32 Å². The number of piperidine rings is 1. The molecule has 1 aliphatic heterocycles. The molecule has 2 rings (SSSR count). The molecule has 36 heavy (non-hydrogen) atoms. The predicted molar refractivity (Wildman–Crippen MR) is 150 cm³/mol. The van der Waals surface area contributed by atoms with E-state index < -0.39 is 5.60 Å². The molecule has 1 aromatic carbocycles. The molecule has 1 heterocycles. The maximum atomic E-state index is 12.7. The van der Waals surface area contributed by atoms with E-state index in [9.17, 15) is 9.59 Å². The molecule has 0 aliphatic carbocycles. The number of rotatable bonds is 15. The van der Waals surface area contributed by atoms with Crippen LogP contribution in [0.15, 0.2) is 24.3 Å². The number of amides is 2. The summed E-state index contributed by atoms with van der Waals surface area (Å²) in [6.07, 6.45) is 17.4. The first-order valence-corrected chi connectivity index (χ1v) is 14.7. The van der Waals surface area contributed by atoms with Crippen LogP contribution in [-0.2, 0) is 4.74 Å². The number of ether oxygens (including phenoxy) is 1. The first-order chi connectivity index (χ1) is 17.3. The van der Waals surface area contributed by atoms with Gasteiger partial charge in [0.05, 0.1) is 0 Å². The average Bonchev–Trinajstić information content (AvgIpc) is 2.86. The summed E-state index contributed by atoms with van der Waals surface area (Å²) in [6.45, 7) is 10.1. The topological polar surface area (TPSA) is 58.6 Å². The number of carbonyl (C=O) groups is 2. The molecule has 5 nitrogen and oxygen atoms in total. The van der Waals surface area contributed by atoms with Gasteiger partial charge in [-0.3, -0.25) is 4.79 Å². The number of likely N-dealkylation sites (tertiary alicyclic amines) is 1. The van der Waals surface area contributed by atoms with Crippen molar-refractivity contribution in [2.24, 2.45) is 0 Å². The number of hydrogen-bond acceptors (Lipinski definition) is 3. The van der Waals surface area contributed by atoms with Crippen molar-refractivity contribution in [1.82, 2.24) is 10.2 Å². The number of hydrogen-bond donors (Lipinski definition) is 1. The Morgan fingerprint density at radius 2 is 1.44 bits per heavy atom. The summed E-state index contributed by atoms with van der Waals surface area (Å²) in [6, 6.07) is 8.02. The summed E-state index contributed by atoms with van der Waals surface area (Å²) in [4.78, 5) is 26.8. The number of carbonyl (C=O) groups excluding carboxylic acids is 2. The molecule has 0 spiro atoms. The number of unbranched alkanes of at least 4 members (excludes halogenated alkanes) is 11. The third-order valence-electron chi connectivity index (χ3n) is 7.08. The second kappa shape index (κ2) is 16.7. The molecule has 2 amide bonds. The molecule has 0 saturated carbocycles. The van der Waals surface area contributed by atoms with E-state index in [-0.39, 0.29) is 12.0 Å². The predicted octanol–water partition coefficient (Wildman–Crippen LogP) is 8.23. The van der Waals surface area contributed by atoms with Gasteiger partial charge in [0.1, 0.15) is 5.60 Å². The van der Waals surface area contributed by atoms with Gasteiger partial charge in [-0.1, -0.05) is 89.7 Å². The number of benzene rings is 1. The monoisotopic (exact) mass is 500 g/mol. The van der Waals surface area contributed by atoms with Crippen LogP contribution in [0.2, 0.25) is 0 Å². The highest BCUT2D eigenvalue weighted by atomic mass is 16.6. The third-order valence-corrected chi connectivity index (χ3v) is 7.08. The third kappa shape index (κ3) is 12.3. The molecule has 1 fully saturated rings. The first-order valence-electron chi connectivity index (χ1n) is 14.7. The summed E-state index contributed by atoms with van der Waals surface area (Å²) in [5.41, 5.74) is 1.46. The van der Waals surface area contributed by atoms with Crippen molar-refractivity contribution in [3.63, 3.8) is 0 Å². The first kappa shape index (κ1) is 30.2. The van der Waals surface area contributed by atoms with E-state index in [1.807, 2.05) is 39.0 Å². The number of nitrogens with zero attached hydrogens (tertiary/aromatic N) is 1. The van der Waals surface area contributed by atoms with Crippen LogP contribution in [0.4, 0.5) is 4.79 Å². The zero-order valence-corrected chi connectivity index (χ0v) is 23.6. The van der Waals surface area contributed by atoms with Crippen LogP contribution >= 0.6 is 0 Å². The number of nitrogens with one attached hydrogen (secondary N) is 1. The van der Waals surface area contributed by atoms with Crippen LogP contribution in [0.3, 0.4) is 0 Å². The van der Waals surface area contributed by atoms with Gasteiger partial charge in [0.2, 0.25) is 0 Å².